The number of hydrogen-bond donors (Lipinski definition) is 3. The van der Waals surface area contributed by atoms with Gasteiger partial charge in [0.05, 0.1) is 24.0 Å². The van der Waals surface area contributed by atoms with Gasteiger partial charge in [-0.25, -0.2) is 4.79 Å². The average Bonchev–Trinajstić information content (AvgIpc) is 2.31. The Morgan fingerprint density at radius 1 is 1.39 bits per heavy atom. The molecule has 0 radical (unpaired) electrons. The summed E-state index contributed by atoms with van der Waals surface area (Å²) in [5.74, 6) is -0.930. The van der Waals surface area contributed by atoms with Crippen molar-refractivity contribution >= 4 is 17.7 Å². The zero-order valence-corrected chi connectivity index (χ0v) is 10.3. The number of aromatic nitrogens is 1. The summed E-state index contributed by atoms with van der Waals surface area (Å²) in [6, 6.07) is 2.93. The first-order valence-corrected chi connectivity index (χ1v) is 5.83. The molecule has 0 atom stereocenters. The van der Waals surface area contributed by atoms with Gasteiger partial charge in [-0.2, -0.15) is 0 Å². The van der Waals surface area contributed by atoms with E-state index in [0.717, 1.165) is 12.8 Å². The third kappa shape index (κ3) is 5.29. The second kappa shape index (κ2) is 7.26. The number of anilines is 1. The topological polar surface area (TPSA) is 91.3 Å². The third-order valence-corrected chi connectivity index (χ3v) is 2.23. The smallest absolute Gasteiger partial charge is 0.319 e. The number of nitrogens with one attached hydrogen (secondary N) is 2. The Bertz CT molecular complexity index is 404. The van der Waals surface area contributed by atoms with Crippen LogP contribution in [0.25, 0.3) is 0 Å². The highest BCUT2D eigenvalue weighted by Gasteiger charge is 2.03. The molecule has 0 aromatic carbocycles. The summed E-state index contributed by atoms with van der Waals surface area (Å²) in [6.07, 6.45) is 3.27. The van der Waals surface area contributed by atoms with Crippen LogP contribution < -0.4 is 10.6 Å². The summed E-state index contributed by atoms with van der Waals surface area (Å²) in [4.78, 5) is 25.8. The summed E-state index contributed by atoms with van der Waals surface area (Å²) in [6.45, 7) is 2.68. The van der Waals surface area contributed by atoms with Crippen molar-refractivity contribution < 1.29 is 14.7 Å². The SMILES string of the molecule is CCCCNC(=O)Nc1ccc(CC(=O)O)nc1. The van der Waals surface area contributed by atoms with Crippen LogP contribution in [0.2, 0.25) is 0 Å². The lowest BCUT2D eigenvalue weighted by Crippen LogP contribution is -2.29. The van der Waals surface area contributed by atoms with E-state index in [2.05, 4.69) is 15.6 Å². The van der Waals surface area contributed by atoms with Gasteiger partial charge >= 0.3 is 12.0 Å². The number of urea groups is 1. The minimum absolute atomic E-state index is 0.122. The summed E-state index contributed by atoms with van der Waals surface area (Å²) in [5, 5.41) is 13.9. The lowest BCUT2D eigenvalue weighted by Gasteiger charge is -2.07. The maximum atomic E-state index is 11.4. The molecular formula is C12H17N3O3. The van der Waals surface area contributed by atoms with Crippen molar-refractivity contribution in [1.29, 1.82) is 0 Å². The molecule has 1 aromatic rings. The zero-order valence-electron chi connectivity index (χ0n) is 10.3. The van der Waals surface area contributed by atoms with Gasteiger partial charge in [0.15, 0.2) is 0 Å². The number of carboxylic acid groups (broad SMARTS) is 1. The standard InChI is InChI=1S/C12H17N3O3/c1-2-3-6-13-12(18)15-10-5-4-9(14-8-10)7-11(16)17/h4-5,8H,2-3,6-7H2,1H3,(H,16,17)(H2,13,15,18). The van der Waals surface area contributed by atoms with E-state index in [1.165, 1.54) is 6.20 Å². The van der Waals surface area contributed by atoms with Gasteiger partial charge < -0.3 is 15.7 Å². The molecule has 0 saturated heterocycles. The van der Waals surface area contributed by atoms with Crippen LogP contribution in [-0.4, -0.2) is 28.6 Å². The van der Waals surface area contributed by atoms with Crippen LogP contribution in [0, 0.1) is 0 Å². The molecule has 18 heavy (non-hydrogen) atoms. The first-order chi connectivity index (χ1) is 8.61. The molecule has 6 heteroatoms. The fraction of sp³-hybridized carbons (Fsp3) is 0.417. The lowest BCUT2D eigenvalue weighted by molar-refractivity contribution is -0.136. The molecule has 98 valence electrons. The number of hydrogen-bond acceptors (Lipinski definition) is 3. The quantitative estimate of drug-likeness (QED) is 0.670. The molecule has 0 spiro atoms. The van der Waals surface area contributed by atoms with E-state index >= 15 is 0 Å². The van der Waals surface area contributed by atoms with E-state index in [9.17, 15) is 9.59 Å². The minimum Gasteiger partial charge on any atom is -0.481 e. The zero-order chi connectivity index (χ0) is 13.4. The second-order valence-electron chi connectivity index (χ2n) is 3.84. The molecule has 0 aliphatic heterocycles. The number of carbonyl (C=O) groups excluding carboxylic acids is 1. The van der Waals surface area contributed by atoms with Gasteiger partial charge in [-0.05, 0) is 18.6 Å². The van der Waals surface area contributed by atoms with Gasteiger partial charge in [0.1, 0.15) is 0 Å². The summed E-state index contributed by atoms with van der Waals surface area (Å²) in [5.41, 5.74) is 0.998. The summed E-state index contributed by atoms with van der Waals surface area (Å²) < 4.78 is 0. The number of aliphatic carboxylic acids is 1. The van der Waals surface area contributed by atoms with Crippen LogP contribution in [0.4, 0.5) is 10.5 Å². The van der Waals surface area contributed by atoms with Crippen LogP contribution in [-0.2, 0) is 11.2 Å². The number of pyridine rings is 1. The molecule has 2 amide bonds. The van der Waals surface area contributed by atoms with Crippen molar-refractivity contribution in [2.75, 3.05) is 11.9 Å². The van der Waals surface area contributed by atoms with Crippen LogP contribution >= 0.6 is 0 Å². The highest BCUT2D eigenvalue weighted by atomic mass is 16.4. The highest BCUT2D eigenvalue weighted by Crippen LogP contribution is 2.06. The summed E-state index contributed by atoms with van der Waals surface area (Å²) >= 11 is 0. The third-order valence-electron chi connectivity index (χ3n) is 2.23. The molecule has 1 heterocycles. The van der Waals surface area contributed by atoms with Gasteiger partial charge in [-0.1, -0.05) is 13.3 Å². The first-order valence-electron chi connectivity index (χ1n) is 5.83. The lowest BCUT2D eigenvalue weighted by atomic mass is 10.2. The normalized spacial score (nSPS) is 9.83. The molecular weight excluding hydrogens is 234 g/mol. The number of carboxylic acids is 1. The maximum absolute atomic E-state index is 11.4. The number of unbranched alkanes of at least 4 members (excludes halogenated alkanes) is 1. The largest absolute Gasteiger partial charge is 0.481 e. The van der Waals surface area contributed by atoms with E-state index in [0.29, 0.717) is 17.9 Å². The molecule has 1 aromatic heterocycles. The molecule has 0 bridgehead atoms. The van der Waals surface area contributed by atoms with Gasteiger partial charge in [0, 0.05) is 6.54 Å². The van der Waals surface area contributed by atoms with Crippen LogP contribution in [0.1, 0.15) is 25.5 Å². The Balaban J connectivity index is 2.43. The van der Waals surface area contributed by atoms with Gasteiger partial charge in [-0.3, -0.25) is 9.78 Å². The number of rotatable bonds is 6. The predicted octanol–water partition coefficient (Wildman–Crippen LogP) is 1.63. The van der Waals surface area contributed by atoms with Gasteiger partial charge in [0.2, 0.25) is 0 Å². The maximum Gasteiger partial charge on any atom is 0.319 e. The fourth-order valence-electron chi connectivity index (χ4n) is 1.31. The van der Waals surface area contributed by atoms with E-state index in [-0.39, 0.29) is 12.5 Å². The van der Waals surface area contributed by atoms with Crippen molar-refractivity contribution in [2.24, 2.45) is 0 Å². The molecule has 0 aliphatic rings. The highest BCUT2D eigenvalue weighted by molar-refractivity contribution is 5.88. The Morgan fingerprint density at radius 2 is 2.17 bits per heavy atom. The van der Waals surface area contributed by atoms with Crippen molar-refractivity contribution in [2.45, 2.75) is 26.2 Å². The molecule has 0 aliphatic carbocycles. The Morgan fingerprint density at radius 3 is 2.72 bits per heavy atom. The Labute approximate surface area is 105 Å². The average molecular weight is 251 g/mol. The number of carbonyl (C=O) groups is 2. The Kier molecular flexibility index (Phi) is 5.63. The van der Waals surface area contributed by atoms with E-state index in [1.54, 1.807) is 12.1 Å². The fourth-order valence-corrected chi connectivity index (χ4v) is 1.31. The Hall–Kier alpha value is -2.11. The molecule has 0 saturated carbocycles. The number of amides is 2. The van der Waals surface area contributed by atoms with Crippen LogP contribution in [0.15, 0.2) is 18.3 Å². The minimum atomic E-state index is -0.930. The van der Waals surface area contributed by atoms with E-state index < -0.39 is 5.97 Å². The summed E-state index contributed by atoms with van der Waals surface area (Å²) in [7, 11) is 0. The van der Waals surface area contributed by atoms with Crippen molar-refractivity contribution in [3.05, 3.63) is 24.0 Å². The van der Waals surface area contributed by atoms with Crippen LogP contribution in [0.3, 0.4) is 0 Å². The molecule has 6 nitrogen and oxygen atoms in total. The van der Waals surface area contributed by atoms with Gasteiger partial charge in [0.25, 0.3) is 0 Å². The number of nitrogens with zero attached hydrogens (tertiary/aromatic N) is 1. The van der Waals surface area contributed by atoms with Crippen molar-refractivity contribution in [3.63, 3.8) is 0 Å². The molecule has 0 fully saturated rings. The second-order valence-corrected chi connectivity index (χ2v) is 3.84. The van der Waals surface area contributed by atoms with Gasteiger partial charge in [-0.15, -0.1) is 0 Å². The predicted molar refractivity (Wildman–Crippen MR) is 67.5 cm³/mol. The molecule has 3 N–H and O–H groups in total. The van der Waals surface area contributed by atoms with Crippen molar-refractivity contribution in [3.8, 4) is 0 Å². The first kappa shape index (κ1) is 14.0. The molecule has 0 unspecified atom stereocenters. The van der Waals surface area contributed by atoms with Crippen LogP contribution in [0.5, 0.6) is 0 Å². The van der Waals surface area contributed by atoms with E-state index in [4.69, 9.17) is 5.11 Å². The van der Waals surface area contributed by atoms with Crippen molar-refractivity contribution in [1.82, 2.24) is 10.3 Å². The monoisotopic (exact) mass is 251 g/mol. The van der Waals surface area contributed by atoms with E-state index in [1.807, 2.05) is 6.92 Å². The molecule has 1 rings (SSSR count).